The van der Waals surface area contributed by atoms with Gasteiger partial charge in [0.2, 0.25) is 0 Å². The number of nitrogens with zero attached hydrogens (tertiary/aromatic N) is 2. The van der Waals surface area contributed by atoms with E-state index in [0.29, 0.717) is 11.9 Å². The fraction of sp³-hybridized carbons (Fsp3) is 0.571. The van der Waals surface area contributed by atoms with Crippen LogP contribution in [0, 0.1) is 0 Å². The standard InChI is InChI=1S/C14H19ClN2O2/c1-17(11-6-4-2-3-5-7-11)13-9-10(14(18)19)8-12(15)16-13/h8-9,11H,2-7H2,1H3,(H,18,19). The van der Waals surface area contributed by atoms with Gasteiger partial charge in [0.25, 0.3) is 0 Å². The molecule has 0 radical (unpaired) electrons. The number of carboxylic acids is 1. The third-order valence-electron chi connectivity index (χ3n) is 3.76. The Hall–Kier alpha value is -1.29. The van der Waals surface area contributed by atoms with E-state index in [9.17, 15) is 4.79 Å². The topological polar surface area (TPSA) is 53.4 Å². The van der Waals surface area contributed by atoms with E-state index < -0.39 is 5.97 Å². The Labute approximate surface area is 118 Å². The number of aromatic carboxylic acids is 1. The lowest BCUT2D eigenvalue weighted by molar-refractivity contribution is 0.0697. The Morgan fingerprint density at radius 2 is 1.95 bits per heavy atom. The van der Waals surface area contributed by atoms with Gasteiger partial charge in [0.05, 0.1) is 5.56 Å². The summed E-state index contributed by atoms with van der Waals surface area (Å²) in [6.45, 7) is 0. The van der Waals surface area contributed by atoms with Crippen LogP contribution in [0.3, 0.4) is 0 Å². The van der Waals surface area contributed by atoms with Gasteiger partial charge in [-0.25, -0.2) is 9.78 Å². The third kappa shape index (κ3) is 3.60. The maximum atomic E-state index is 11.1. The fourth-order valence-electron chi connectivity index (χ4n) is 2.62. The van der Waals surface area contributed by atoms with Crippen molar-refractivity contribution in [3.63, 3.8) is 0 Å². The normalized spacial score (nSPS) is 16.9. The summed E-state index contributed by atoms with van der Waals surface area (Å²) < 4.78 is 0. The van der Waals surface area contributed by atoms with Gasteiger partial charge >= 0.3 is 5.97 Å². The average Bonchev–Trinajstić information content (AvgIpc) is 2.65. The molecule has 0 atom stereocenters. The van der Waals surface area contributed by atoms with E-state index >= 15 is 0 Å². The van der Waals surface area contributed by atoms with Crippen LogP contribution in [0.5, 0.6) is 0 Å². The smallest absolute Gasteiger partial charge is 0.335 e. The molecule has 1 fully saturated rings. The lowest BCUT2D eigenvalue weighted by Crippen LogP contribution is -2.32. The summed E-state index contributed by atoms with van der Waals surface area (Å²) in [5, 5.41) is 9.30. The van der Waals surface area contributed by atoms with Gasteiger partial charge in [-0.05, 0) is 25.0 Å². The zero-order chi connectivity index (χ0) is 13.8. The molecule has 1 aliphatic carbocycles. The molecule has 0 unspecified atom stereocenters. The summed E-state index contributed by atoms with van der Waals surface area (Å²) in [5.74, 6) is -0.323. The number of pyridine rings is 1. The number of carbonyl (C=O) groups is 1. The number of carboxylic acid groups (broad SMARTS) is 1. The number of rotatable bonds is 3. The predicted octanol–water partition coefficient (Wildman–Crippen LogP) is 3.59. The molecule has 0 aromatic carbocycles. The van der Waals surface area contributed by atoms with Crippen molar-refractivity contribution in [2.45, 2.75) is 44.6 Å². The van der Waals surface area contributed by atoms with Crippen LogP contribution in [0.15, 0.2) is 12.1 Å². The van der Waals surface area contributed by atoms with Gasteiger partial charge in [-0.1, -0.05) is 37.3 Å². The number of hydrogen-bond donors (Lipinski definition) is 1. The Morgan fingerprint density at radius 1 is 1.32 bits per heavy atom. The van der Waals surface area contributed by atoms with E-state index in [1.807, 2.05) is 7.05 Å². The highest BCUT2D eigenvalue weighted by atomic mass is 35.5. The molecule has 0 saturated heterocycles. The second kappa shape index (κ2) is 6.24. The van der Waals surface area contributed by atoms with Crippen LogP contribution >= 0.6 is 11.6 Å². The summed E-state index contributed by atoms with van der Waals surface area (Å²) >= 11 is 5.91. The minimum absolute atomic E-state index is 0.190. The van der Waals surface area contributed by atoms with Gasteiger partial charge < -0.3 is 10.0 Å². The van der Waals surface area contributed by atoms with Crippen LogP contribution in [0.25, 0.3) is 0 Å². The zero-order valence-corrected chi connectivity index (χ0v) is 11.9. The highest BCUT2D eigenvalue weighted by Gasteiger charge is 2.19. The lowest BCUT2D eigenvalue weighted by Gasteiger charge is -2.28. The highest BCUT2D eigenvalue weighted by Crippen LogP contribution is 2.26. The van der Waals surface area contributed by atoms with Crippen LogP contribution in [-0.4, -0.2) is 29.1 Å². The second-order valence-electron chi connectivity index (χ2n) is 5.10. The van der Waals surface area contributed by atoms with Crippen molar-refractivity contribution >= 4 is 23.4 Å². The molecule has 5 heteroatoms. The van der Waals surface area contributed by atoms with E-state index in [2.05, 4.69) is 9.88 Å². The van der Waals surface area contributed by atoms with Crippen molar-refractivity contribution in [2.75, 3.05) is 11.9 Å². The molecule has 2 rings (SSSR count). The van der Waals surface area contributed by atoms with E-state index in [0.717, 1.165) is 12.8 Å². The van der Waals surface area contributed by atoms with Gasteiger partial charge in [-0.2, -0.15) is 0 Å². The molecule has 104 valence electrons. The maximum absolute atomic E-state index is 11.1. The Morgan fingerprint density at radius 3 is 2.53 bits per heavy atom. The van der Waals surface area contributed by atoms with Crippen molar-refractivity contribution in [1.82, 2.24) is 4.98 Å². The third-order valence-corrected chi connectivity index (χ3v) is 3.95. The molecule has 1 N–H and O–H groups in total. The van der Waals surface area contributed by atoms with Crippen molar-refractivity contribution in [2.24, 2.45) is 0 Å². The van der Waals surface area contributed by atoms with Gasteiger partial charge in [0.15, 0.2) is 0 Å². The summed E-state index contributed by atoms with van der Waals surface area (Å²) in [7, 11) is 1.97. The molecule has 0 spiro atoms. The van der Waals surface area contributed by atoms with Gasteiger partial charge in [0.1, 0.15) is 11.0 Å². The lowest BCUT2D eigenvalue weighted by atomic mass is 10.1. The molecule has 1 aromatic heterocycles. The summed E-state index contributed by atoms with van der Waals surface area (Å²) in [6.07, 6.45) is 7.28. The molecule has 0 bridgehead atoms. The molecule has 1 aromatic rings. The fourth-order valence-corrected chi connectivity index (χ4v) is 2.82. The van der Waals surface area contributed by atoms with Crippen LogP contribution < -0.4 is 4.90 Å². The second-order valence-corrected chi connectivity index (χ2v) is 5.49. The van der Waals surface area contributed by atoms with Crippen LogP contribution in [0.4, 0.5) is 5.82 Å². The zero-order valence-electron chi connectivity index (χ0n) is 11.1. The molecule has 4 nitrogen and oxygen atoms in total. The summed E-state index contributed by atoms with van der Waals surface area (Å²) in [4.78, 5) is 17.4. The van der Waals surface area contributed by atoms with E-state index in [4.69, 9.17) is 16.7 Å². The van der Waals surface area contributed by atoms with Crippen LogP contribution in [-0.2, 0) is 0 Å². The molecule has 1 aliphatic rings. The molecule has 19 heavy (non-hydrogen) atoms. The Kier molecular flexibility index (Phi) is 4.64. The molecular weight excluding hydrogens is 264 g/mol. The first kappa shape index (κ1) is 14.1. The largest absolute Gasteiger partial charge is 0.478 e. The summed E-state index contributed by atoms with van der Waals surface area (Å²) in [6, 6.07) is 3.41. The van der Waals surface area contributed by atoms with E-state index in [1.165, 1.54) is 31.7 Å². The highest BCUT2D eigenvalue weighted by molar-refractivity contribution is 6.29. The van der Waals surface area contributed by atoms with Crippen molar-refractivity contribution < 1.29 is 9.90 Å². The predicted molar refractivity (Wildman–Crippen MR) is 76.1 cm³/mol. The number of halogens is 1. The van der Waals surface area contributed by atoms with Crippen molar-refractivity contribution in [3.05, 3.63) is 22.8 Å². The monoisotopic (exact) mass is 282 g/mol. The molecule has 1 heterocycles. The molecule has 0 aliphatic heterocycles. The van der Waals surface area contributed by atoms with Crippen molar-refractivity contribution in [1.29, 1.82) is 0 Å². The van der Waals surface area contributed by atoms with E-state index in [-0.39, 0.29) is 10.7 Å². The molecule has 0 amide bonds. The number of aromatic nitrogens is 1. The SMILES string of the molecule is CN(c1cc(C(=O)O)cc(Cl)n1)C1CCCCCC1. The number of hydrogen-bond acceptors (Lipinski definition) is 3. The number of anilines is 1. The minimum Gasteiger partial charge on any atom is -0.478 e. The van der Waals surface area contributed by atoms with Crippen LogP contribution in [0.1, 0.15) is 48.9 Å². The Balaban J connectivity index is 2.21. The van der Waals surface area contributed by atoms with Gasteiger partial charge in [0, 0.05) is 13.1 Å². The molecule has 1 saturated carbocycles. The first-order valence-corrected chi connectivity index (χ1v) is 7.09. The van der Waals surface area contributed by atoms with E-state index in [1.54, 1.807) is 6.07 Å². The first-order chi connectivity index (χ1) is 9.08. The van der Waals surface area contributed by atoms with Gasteiger partial charge in [-0.3, -0.25) is 0 Å². The quantitative estimate of drug-likeness (QED) is 0.680. The molecular formula is C14H19ClN2O2. The first-order valence-electron chi connectivity index (χ1n) is 6.71. The van der Waals surface area contributed by atoms with Crippen molar-refractivity contribution in [3.8, 4) is 0 Å². The average molecular weight is 283 g/mol. The van der Waals surface area contributed by atoms with Crippen LogP contribution in [0.2, 0.25) is 5.15 Å². The minimum atomic E-state index is -0.972. The Bertz CT molecular complexity index is 457. The van der Waals surface area contributed by atoms with Gasteiger partial charge in [-0.15, -0.1) is 0 Å². The maximum Gasteiger partial charge on any atom is 0.335 e. The summed E-state index contributed by atoms with van der Waals surface area (Å²) in [5.41, 5.74) is 0.190.